The van der Waals surface area contributed by atoms with E-state index < -0.39 is 0 Å². The van der Waals surface area contributed by atoms with E-state index in [1.807, 2.05) is 23.3 Å². The van der Waals surface area contributed by atoms with Crippen molar-refractivity contribution < 1.29 is 9.53 Å². The predicted molar refractivity (Wildman–Crippen MR) is 121 cm³/mol. The molecule has 2 fully saturated rings. The highest BCUT2D eigenvalue weighted by Crippen LogP contribution is 2.16. The van der Waals surface area contributed by atoms with Crippen LogP contribution in [0.4, 0.5) is 0 Å². The molecule has 0 saturated carbocycles. The molecular formula is C19H31IN4O2S. The molecular weight excluding hydrogens is 475 g/mol. The molecule has 3 rings (SSSR count). The lowest BCUT2D eigenvalue weighted by Crippen LogP contribution is -2.55. The van der Waals surface area contributed by atoms with Gasteiger partial charge >= 0.3 is 0 Å². The Labute approximate surface area is 183 Å². The second-order valence-electron chi connectivity index (χ2n) is 7.13. The highest BCUT2D eigenvalue weighted by molar-refractivity contribution is 14.0. The third kappa shape index (κ3) is 6.32. The van der Waals surface area contributed by atoms with Crippen LogP contribution in [0.25, 0.3) is 0 Å². The van der Waals surface area contributed by atoms with Gasteiger partial charge in [-0.25, -0.2) is 0 Å². The summed E-state index contributed by atoms with van der Waals surface area (Å²) in [5.74, 6) is 1.65. The van der Waals surface area contributed by atoms with Crippen molar-refractivity contribution in [2.45, 2.75) is 32.3 Å². The average molecular weight is 506 g/mol. The number of hydrogen-bond acceptors (Lipinski definition) is 4. The van der Waals surface area contributed by atoms with E-state index in [1.165, 1.54) is 4.88 Å². The molecule has 0 radical (unpaired) electrons. The van der Waals surface area contributed by atoms with Crippen LogP contribution in [0.3, 0.4) is 0 Å². The summed E-state index contributed by atoms with van der Waals surface area (Å²) in [5.41, 5.74) is 0. The van der Waals surface area contributed by atoms with Crippen LogP contribution < -0.4 is 5.32 Å². The molecule has 2 aliphatic rings. The van der Waals surface area contributed by atoms with Crippen molar-refractivity contribution >= 4 is 47.2 Å². The molecule has 1 amide bonds. The van der Waals surface area contributed by atoms with Crippen molar-refractivity contribution in [1.82, 2.24) is 15.1 Å². The van der Waals surface area contributed by atoms with Gasteiger partial charge in [0.1, 0.15) is 6.10 Å². The smallest absolute Gasteiger partial charge is 0.251 e. The van der Waals surface area contributed by atoms with Crippen LogP contribution in [0, 0.1) is 5.92 Å². The number of carbonyl (C=O) groups excluding carboxylic acids is 1. The van der Waals surface area contributed by atoms with E-state index in [2.05, 4.69) is 39.6 Å². The number of amides is 1. The van der Waals surface area contributed by atoms with Gasteiger partial charge in [-0.05, 0) is 36.6 Å². The lowest BCUT2D eigenvalue weighted by molar-refractivity contribution is -0.142. The molecule has 6 nitrogen and oxygen atoms in total. The van der Waals surface area contributed by atoms with E-state index in [9.17, 15) is 4.79 Å². The van der Waals surface area contributed by atoms with Crippen LogP contribution in [0.15, 0.2) is 22.5 Å². The highest BCUT2D eigenvalue weighted by atomic mass is 127. The number of rotatable bonds is 5. The SMILES string of the molecule is CN=C(NCC(C)Cc1cccs1)N1CCN(C(=O)C2CCCO2)CC1.I. The minimum atomic E-state index is -0.211. The molecule has 2 atom stereocenters. The molecule has 0 spiro atoms. The summed E-state index contributed by atoms with van der Waals surface area (Å²) in [4.78, 5) is 22.5. The van der Waals surface area contributed by atoms with Crippen molar-refractivity contribution in [2.24, 2.45) is 10.9 Å². The molecule has 0 aliphatic carbocycles. The van der Waals surface area contributed by atoms with Gasteiger partial charge in [0, 0.05) is 51.3 Å². The lowest BCUT2D eigenvalue weighted by atomic mass is 10.1. The third-order valence-corrected chi connectivity index (χ3v) is 5.94. The summed E-state index contributed by atoms with van der Waals surface area (Å²) < 4.78 is 5.53. The van der Waals surface area contributed by atoms with Gasteiger partial charge < -0.3 is 19.9 Å². The Balaban J connectivity index is 0.00000261. The topological polar surface area (TPSA) is 57.2 Å². The Morgan fingerprint density at radius 1 is 1.37 bits per heavy atom. The predicted octanol–water partition coefficient (Wildman–Crippen LogP) is 2.44. The van der Waals surface area contributed by atoms with Gasteiger partial charge in [-0.2, -0.15) is 0 Å². The Morgan fingerprint density at radius 3 is 2.70 bits per heavy atom. The van der Waals surface area contributed by atoms with Crippen LogP contribution >= 0.6 is 35.3 Å². The molecule has 2 saturated heterocycles. The normalized spacial score (nSPS) is 21.7. The van der Waals surface area contributed by atoms with E-state index in [4.69, 9.17) is 4.74 Å². The number of aliphatic imine (C=N–C) groups is 1. The molecule has 0 aromatic carbocycles. The molecule has 27 heavy (non-hydrogen) atoms. The Kier molecular flexibility index (Phi) is 9.31. The lowest BCUT2D eigenvalue weighted by Gasteiger charge is -2.37. The first kappa shape index (κ1) is 22.4. The zero-order chi connectivity index (χ0) is 18.4. The van der Waals surface area contributed by atoms with Crippen LogP contribution in [0.1, 0.15) is 24.6 Å². The number of piperazine rings is 1. The van der Waals surface area contributed by atoms with Crippen LogP contribution in [0.2, 0.25) is 0 Å². The molecule has 2 aliphatic heterocycles. The zero-order valence-electron chi connectivity index (χ0n) is 16.2. The second kappa shape index (κ2) is 11.2. The number of guanidine groups is 1. The standard InChI is InChI=1S/C19H30N4O2S.HI/c1-15(13-16-5-4-12-26-16)14-21-19(20-2)23-9-7-22(8-10-23)18(24)17-6-3-11-25-17;/h4-5,12,15,17H,3,6-11,13-14H2,1-2H3,(H,20,21);1H. The molecule has 2 unspecified atom stereocenters. The summed E-state index contributed by atoms with van der Waals surface area (Å²) >= 11 is 1.82. The summed E-state index contributed by atoms with van der Waals surface area (Å²) in [6.07, 6.45) is 2.74. The minimum absolute atomic E-state index is 0. The van der Waals surface area contributed by atoms with E-state index in [1.54, 1.807) is 0 Å². The first-order chi connectivity index (χ1) is 12.7. The number of thiophene rings is 1. The molecule has 152 valence electrons. The van der Waals surface area contributed by atoms with E-state index in [0.29, 0.717) is 5.92 Å². The molecule has 1 aromatic heterocycles. The first-order valence-corrected chi connectivity index (χ1v) is 10.4. The fraction of sp³-hybridized carbons (Fsp3) is 0.684. The first-order valence-electron chi connectivity index (χ1n) is 9.55. The molecule has 1 N–H and O–H groups in total. The fourth-order valence-electron chi connectivity index (χ4n) is 3.56. The monoisotopic (exact) mass is 506 g/mol. The minimum Gasteiger partial charge on any atom is -0.368 e. The number of ether oxygens (including phenoxy) is 1. The van der Waals surface area contributed by atoms with E-state index in [-0.39, 0.29) is 36.0 Å². The van der Waals surface area contributed by atoms with Crippen LogP contribution in [0.5, 0.6) is 0 Å². The number of nitrogens with one attached hydrogen (secondary N) is 1. The van der Waals surface area contributed by atoms with Gasteiger partial charge in [-0.1, -0.05) is 13.0 Å². The van der Waals surface area contributed by atoms with Crippen molar-refractivity contribution in [3.05, 3.63) is 22.4 Å². The van der Waals surface area contributed by atoms with Gasteiger partial charge in [0.25, 0.3) is 5.91 Å². The molecule has 3 heterocycles. The fourth-order valence-corrected chi connectivity index (χ4v) is 4.43. The Morgan fingerprint density at radius 2 is 2.11 bits per heavy atom. The summed E-state index contributed by atoms with van der Waals surface area (Å²) in [6, 6.07) is 4.30. The number of nitrogens with zero attached hydrogens (tertiary/aromatic N) is 3. The summed E-state index contributed by atoms with van der Waals surface area (Å²) in [5, 5.41) is 5.63. The summed E-state index contributed by atoms with van der Waals surface area (Å²) in [6.45, 7) is 7.00. The van der Waals surface area contributed by atoms with Gasteiger partial charge in [0.05, 0.1) is 0 Å². The van der Waals surface area contributed by atoms with Crippen molar-refractivity contribution in [1.29, 1.82) is 0 Å². The Bertz CT molecular complexity index is 597. The number of hydrogen-bond donors (Lipinski definition) is 1. The second-order valence-corrected chi connectivity index (χ2v) is 8.16. The Hall–Kier alpha value is -0.870. The zero-order valence-corrected chi connectivity index (χ0v) is 19.4. The largest absolute Gasteiger partial charge is 0.368 e. The van der Waals surface area contributed by atoms with Crippen molar-refractivity contribution in [2.75, 3.05) is 46.4 Å². The third-order valence-electron chi connectivity index (χ3n) is 5.05. The quantitative estimate of drug-likeness (QED) is 0.379. The average Bonchev–Trinajstić information content (AvgIpc) is 3.36. The molecule has 0 bridgehead atoms. The van der Waals surface area contributed by atoms with Gasteiger partial charge in [-0.3, -0.25) is 9.79 Å². The maximum Gasteiger partial charge on any atom is 0.251 e. The van der Waals surface area contributed by atoms with Gasteiger partial charge in [0.2, 0.25) is 0 Å². The van der Waals surface area contributed by atoms with Gasteiger partial charge in [-0.15, -0.1) is 35.3 Å². The number of carbonyl (C=O) groups is 1. The van der Waals surface area contributed by atoms with Gasteiger partial charge in [0.15, 0.2) is 5.96 Å². The molecule has 8 heteroatoms. The number of halogens is 1. The maximum absolute atomic E-state index is 12.5. The molecule has 1 aromatic rings. The van der Waals surface area contributed by atoms with Crippen LogP contribution in [-0.2, 0) is 16.0 Å². The van der Waals surface area contributed by atoms with Crippen LogP contribution in [-0.4, -0.2) is 74.1 Å². The van der Waals surface area contributed by atoms with E-state index >= 15 is 0 Å². The summed E-state index contributed by atoms with van der Waals surface area (Å²) in [7, 11) is 1.83. The van der Waals surface area contributed by atoms with Crippen molar-refractivity contribution in [3.63, 3.8) is 0 Å². The van der Waals surface area contributed by atoms with Crippen molar-refractivity contribution in [3.8, 4) is 0 Å². The maximum atomic E-state index is 12.5. The highest BCUT2D eigenvalue weighted by Gasteiger charge is 2.30. The van der Waals surface area contributed by atoms with E-state index in [0.717, 1.165) is 64.6 Å².